The van der Waals surface area contributed by atoms with Gasteiger partial charge in [-0.1, -0.05) is 17.7 Å². The highest BCUT2D eigenvalue weighted by atomic mass is 35.5. The van der Waals surface area contributed by atoms with Crippen molar-refractivity contribution in [3.63, 3.8) is 0 Å². The van der Waals surface area contributed by atoms with E-state index in [0.717, 1.165) is 16.9 Å². The smallest absolute Gasteiger partial charge is 0.292 e. The fourth-order valence-electron chi connectivity index (χ4n) is 3.39. The maximum absolute atomic E-state index is 13.0. The summed E-state index contributed by atoms with van der Waals surface area (Å²) in [5, 5.41) is 5.12. The topological polar surface area (TPSA) is 92.3 Å². The van der Waals surface area contributed by atoms with Crippen LogP contribution in [0, 0.1) is 0 Å². The molecule has 9 heteroatoms. The highest BCUT2D eigenvalue weighted by molar-refractivity contribution is 6.29. The first kappa shape index (κ1) is 15.2. The number of hydrogen-bond acceptors (Lipinski definition) is 5. The number of carbonyl (C=O) groups excluding carboxylic acids is 1. The molecule has 5 heterocycles. The molecule has 8 nitrogen and oxygen atoms in total. The monoisotopic (exact) mass is 368 g/mol. The Hall–Kier alpha value is -3.13. The Labute approximate surface area is 152 Å². The van der Waals surface area contributed by atoms with Crippen LogP contribution in [0.4, 0.5) is 0 Å². The van der Waals surface area contributed by atoms with Crippen molar-refractivity contribution in [3.05, 3.63) is 71.2 Å². The number of imidazole rings is 1. The molecule has 1 atom stereocenters. The highest BCUT2D eigenvalue weighted by Gasteiger charge is 2.37. The molecule has 0 spiro atoms. The van der Waals surface area contributed by atoms with Gasteiger partial charge in [-0.25, -0.2) is 14.5 Å². The summed E-state index contributed by atoms with van der Waals surface area (Å²) in [5.74, 6) is -0.0555. The Morgan fingerprint density at radius 1 is 1.38 bits per heavy atom. The van der Waals surface area contributed by atoms with Gasteiger partial charge in [0.1, 0.15) is 11.2 Å². The van der Waals surface area contributed by atoms with Crippen molar-refractivity contribution in [1.82, 2.24) is 29.5 Å². The van der Waals surface area contributed by atoms with Crippen LogP contribution in [0.2, 0.25) is 5.15 Å². The van der Waals surface area contributed by atoms with Gasteiger partial charge in [0, 0.05) is 18.7 Å². The Morgan fingerprint density at radius 2 is 2.31 bits per heavy atom. The molecule has 130 valence electrons. The molecule has 4 aromatic heterocycles. The number of rotatable bonds is 2. The first-order valence-corrected chi connectivity index (χ1v) is 8.46. The van der Waals surface area contributed by atoms with Crippen molar-refractivity contribution in [1.29, 1.82) is 0 Å². The zero-order valence-corrected chi connectivity index (χ0v) is 14.2. The van der Waals surface area contributed by atoms with Gasteiger partial charge >= 0.3 is 0 Å². The van der Waals surface area contributed by atoms with Crippen molar-refractivity contribution in [3.8, 4) is 0 Å². The average molecular weight is 369 g/mol. The summed E-state index contributed by atoms with van der Waals surface area (Å²) >= 11 is 6.24. The number of fused-ring (bicyclic) bond motifs is 2. The van der Waals surface area contributed by atoms with E-state index in [1.54, 1.807) is 21.8 Å². The van der Waals surface area contributed by atoms with Crippen LogP contribution in [0.3, 0.4) is 0 Å². The van der Waals surface area contributed by atoms with E-state index in [-0.39, 0.29) is 11.7 Å². The lowest BCUT2D eigenvalue weighted by molar-refractivity contribution is 0.0654. The molecular formula is C17H13ClN6O2. The summed E-state index contributed by atoms with van der Waals surface area (Å²) in [4.78, 5) is 26.1. The van der Waals surface area contributed by atoms with Crippen molar-refractivity contribution in [2.24, 2.45) is 0 Å². The lowest BCUT2D eigenvalue weighted by Crippen LogP contribution is -2.40. The molecule has 0 bridgehead atoms. The van der Waals surface area contributed by atoms with Gasteiger partial charge in [-0.15, -0.1) is 0 Å². The third-order valence-electron chi connectivity index (χ3n) is 4.57. The van der Waals surface area contributed by atoms with Crippen LogP contribution < -0.4 is 0 Å². The maximum atomic E-state index is 13.0. The Balaban J connectivity index is 1.66. The molecule has 0 aliphatic carbocycles. The third-order valence-corrected chi connectivity index (χ3v) is 4.85. The summed E-state index contributed by atoms with van der Waals surface area (Å²) in [5.41, 5.74) is 3.32. The Morgan fingerprint density at radius 3 is 3.12 bits per heavy atom. The van der Waals surface area contributed by atoms with E-state index in [0.29, 0.717) is 23.8 Å². The standard InChI is InChI=1S/C17H13ClN6O2/c18-14-3-1-2-10-6-12(22-24(10)14)16-15-11(20-8-21-15)4-5-23(16)17(25)13-7-19-9-26-13/h1-3,6-9,16H,4-5H2,(H,20,21). The van der Waals surface area contributed by atoms with Crippen LogP contribution in [0.1, 0.15) is 33.7 Å². The van der Waals surface area contributed by atoms with E-state index in [9.17, 15) is 4.79 Å². The predicted octanol–water partition coefficient (Wildman–Crippen LogP) is 2.49. The number of halogens is 1. The molecular weight excluding hydrogens is 356 g/mol. The first-order chi connectivity index (χ1) is 12.7. The number of nitrogens with one attached hydrogen (secondary N) is 1. The number of aromatic amines is 1. The van der Waals surface area contributed by atoms with Gasteiger partial charge in [0.25, 0.3) is 5.91 Å². The number of pyridine rings is 1. The Kier molecular flexibility index (Phi) is 3.32. The number of nitrogens with zero attached hydrogens (tertiary/aromatic N) is 5. The summed E-state index contributed by atoms with van der Waals surface area (Å²) < 4.78 is 6.85. The minimum Gasteiger partial charge on any atom is -0.438 e. The average Bonchev–Trinajstić information content (AvgIpc) is 3.39. The van der Waals surface area contributed by atoms with Crippen LogP contribution >= 0.6 is 11.6 Å². The minimum atomic E-state index is -0.432. The number of aromatic nitrogens is 5. The summed E-state index contributed by atoms with van der Waals surface area (Å²) in [6.07, 6.45) is 4.99. The van der Waals surface area contributed by atoms with Gasteiger partial charge in [0.2, 0.25) is 5.76 Å². The number of amides is 1. The second-order valence-corrected chi connectivity index (χ2v) is 6.42. The quantitative estimate of drug-likeness (QED) is 0.549. The normalized spacial score (nSPS) is 16.8. The largest absolute Gasteiger partial charge is 0.438 e. The van der Waals surface area contributed by atoms with E-state index in [2.05, 4.69) is 20.1 Å². The molecule has 0 aromatic carbocycles. The van der Waals surface area contributed by atoms with Crippen LogP contribution in [0.15, 0.2) is 47.6 Å². The molecule has 0 fully saturated rings. The van der Waals surface area contributed by atoms with Crippen molar-refractivity contribution >= 4 is 23.0 Å². The summed E-state index contributed by atoms with van der Waals surface area (Å²) in [6.45, 7) is 0.515. The molecule has 1 aliphatic heterocycles. The van der Waals surface area contributed by atoms with Crippen LogP contribution in [0.5, 0.6) is 0 Å². The molecule has 0 saturated heterocycles. The fraction of sp³-hybridized carbons (Fsp3) is 0.176. The second-order valence-electron chi connectivity index (χ2n) is 6.04. The lowest BCUT2D eigenvalue weighted by Gasteiger charge is -2.33. The zero-order valence-electron chi connectivity index (χ0n) is 13.5. The lowest BCUT2D eigenvalue weighted by atomic mass is 9.99. The van der Waals surface area contributed by atoms with Gasteiger partial charge in [-0.05, 0) is 18.2 Å². The third kappa shape index (κ3) is 2.22. The van der Waals surface area contributed by atoms with E-state index in [1.165, 1.54) is 12.6 Å². The number of hydrogen-bond donors (Lipinski definition) is 1. The predicted molar refractivity (Wildman–Crippen MR) is 91.9 cm³/mol. The van der Waals surface area contributed by atoms with E-state index in [4.69, 9.17) is 16.0 Å². The van der Waals surface area contributed by atoms with Crippen molar-refractivity contribution in [2.45, 2.75) is 12.5 Å². The van der Waals surface area contributed by atoms with Crippen molar-refractivity contribution in [2.75, 3.05) is 6.54 Å². The molecule has 5 rings (SSSR count). The minimum absolute atomic E-state index is 0.191. The fourth-order valence-corrected chi connectivity index (χ4v) is 3.60. The van der Waals surface area contributed by atoms with E-state index >= 15 is 0 Å². The Bertz CT molecular complexity index is 1100. The van der Waals surface area contributed by atoms with Crippen LogP contribution in [-0.4, -0.2) is 41.9 Å². The molecule has 26 heavy (non-hydrogen) atoms. The van der Waals surface area contributed by atoms with Crippen LogP contribution in [-0.2, 0) is 6.42 Å². The molecule has 0 radical (unpaired) electrons. The maximum Gasteiger partial charge on any atom is 0.292 e. The number of oxazole rings is 1. The summed E-state index contributed by atoms with van der Waals surface area (Å²) in [6, 6.07) is 7.03. The van der Waals surface area contributed by atoms with Crippen LogP contribution in [0.25, 0.3) is 5.52 Å². The van der Waals surface area contributed by atoms with E-state index in [1.807, 2.05) is 18.2 Å². The SMILES string of the molecule is O=C(c1cnco1)N1CCc2[nH]cnc2C1c1cc2cccc(Cl)n2n1. The molecule has 0 saturated carbocycles. The number of carbonyl (C=O) groups is 1. The molecule has 4 aromatic rings. The zero-order chi connectivity index (χ0) is 17.7. The van der Waals surface area contributed by atoms with Gasteiger partial charge < -0.3 is 14.3 Å². The van der Waals surface area contributed by atoms with Gasteiger partial charge in [-0.3, -0.25) is 4.79 Å². The van der Waals surface area contributed by atoms with Gasteiger partial charge in [0.15, 0.2) is 6.39 Å². The van der Waals surface area contributed by atoms with Gasteiger partial charge in [-0.2, -0.15) is 5.10 Å². The van der Waals surface area contributed by atoms with Crippen molar-refractivity contribution < 1.29 is 9.21 Å². The van der Waals surface area contributed by atoms with Gasteiger partial charge in [0.05, 0.1) is 29.4 Å². The highest BCUT2D eigenvalue weighted by Crippen LogP contribution is 2.34. The second kappa shape index (κ2) is 5.70. The molecule has 1 N–H and O–H groups in total. The molecule has 1 unspecified atom stereocenters. The summed E-state index contributed by atoms with van der Waals surface area (Å²) in [7, 11) is 0. The first-order valence-electron chi connectivity index (χ1n) is 8.08. The molecule has 1 aliphatic rings. The number of H-pyrrole nitrogens is 1. The molecule has 1 amide bonds. The van der Waals surface area contributed by atoms with E-state index < -0.39 is 6.04 Å².